The number of aryl methyl sites for hydroxylation is 2. The van der Waals surface area contributed by atoms with E-state index in [-0.39, 0.29) is 22.8 Å². The van der Waals surface area contributed by atoms with Crippen molar-refractivity contribution in [2.24, 2.45) is 5.73 Å². The molecule has 2 aromatic carbocycles. The van der Waals surface area contributed by atoms with Gasteiger partial charge in [0.25, 0.3) is 5.91 Å². The molecule has 0 aliphatic rings. The van der Waals surface area contributed by atoms with Crippen molar-refractivity contribution in [1.29, 1.82) is 0 Å². The molecule has 0 radical (unpaired) electrons. The number of hydrogen-bond donors (Lipinski definition) is 2. The molecule has 1 aromatic heterocycles. The summed E-state index contributed by atoms with van der Waals surface area (Å²) in [6.45, 7) is 2.58. The van der Waals surface area contributed by atoms with Gasteiger partial charge in [0.2, 0.25) is 15.9 Å². The van der Waals surface area contributed by atoms with Crippen LogP contribution >= 0.6 is 0 Å². The van der Waals surface area contributed by atoms with Gasteiger partial charge in [-0.25, -0.2) is 17.7 Å². The number of carbonyl (C=O) groups is 2. The summed E-state index contributed by atoms with van der Waals surface area (Å²) < 4.78 is 27.9. The van der Waals surface area contributed by atoms with Gasteiger partial charge in [-0.15, -0.1) is 0 Å². The van der Waals surface area contributed by atoms with Crippen molar-refractivity contribution in [2.45, 2.75) is 31.2 Å². The lowest BCUT2D eigenvalue weighted by atomic mass is 10.1. The van der Waals surface area contributed by atoms with Gasteiger partial charge < -0.3 is 15.6 Å². The first-order chi connectivity index (χ1) is 14.6. The number of sulfonamides is 1. The van der Waals surface area contributed by atoms with Crippen LogP contribution in [0.2, 0.25) is 0 Å². The Morgan fingerprint density at radius 1 is 1.16 bits per heavy atom. The summed E-state index contributed by atoms with van der Waals surface area (Å²) in [6.07, 6.45) is 0.488. The highest BCUT2D eigenvalue weighted by molar-refractivity contribution is 7.89. The van der Waals surface area contributed by atoms with Crippen LogP contribution in [0.25, 0.3) is 11.0 Å². The maximum atomic E-state index is 12.5. The highest BCUT2D eigenvalue weighted by Gasteiger charge is 2.20. The van der Waals surface area contributed by atoms with E-state index in [1.54, 1.807) is 42.5 Å². The molecule has 0 saturated carbocycles. The van der Waals surface area contributed by atoms with Crippen LogP contribution in [0, 0.1) is 0 Å². The molecule has 0 aliphatic heterocycles. The normalized spacial score (nSPS) is 11.7. The summed E-state index contributed by atoms with van der Waals surface area (Å²) in [5, 5.41) is 2.71. The van der Waals surface area contributed by atoms with Gasteiger partial charge in [0.15, 0.2) is 0 Å². The average Bonchev–Trinajstić information content (AvgIpc) is 3.09. The number of rotatable bonds is 8. The summed E-state index contributed by atoms with van der Waals surface area (Å²) >= 11 is 0. The van der Waals surface area contributed by atoms with E-state index in [4.69, 9.17) is 5.73 Å². The molecular formula is C21H25N5O4S. The number of aromatic nitrogens is 2. The Hall–Kier alpha value is -3.24. The number of carbonyl (C=O) groups excluding carboxylic acids is 2. The number of imidazole rings is 1. The number of para-hydroxylation sites is 1. The van der Waals surface area contributed by atoms with Crippen molar-refractivity contribution in [3.05, 3.63) is 53.9 Å². The molecule has 3 aromatic rings. The Kier molecular flexibility index (Phi) is 6.42. The monoisotopic (exact) mass is 443 g/mol. The Morgan fingerprint density at radius 2 is 1.87 bits per heavy atom. The molecule has 0 aliphatic carbocycles. The molecule has 164 valence electrons. The molecular weight excluding hydrogens is 418 g/mol. The van der Waals surface area contributed by atoms with Gasteiger partial charge in [-0.2, -0.15) is 0 Å². The van der Waals surface area contributed by atoms with Crippen LogP contribution in [0.1, 0.15) is 29.5 Å². The Balaban J connectivity index is 1.82. The first kappa shape index (κ1) is 22.4. The first-order valence-electron chi connectivity index (χ1n) is 9.75. The van der Waals surface area contributed by atoms with Crippen molar-refractivity contribution in [2.75, 3.05) is 19.4 Å². The molecule has 10 heteroatoms. The summed E-state index contributed by atoms with van der Waals surface area (Å²) in [6, 6.07) is 11.4. The molecule has 0 atom stereocenters. The maximum absolute atomic E-state index is 12.5. The van der Waals surface area contributed by atoms with Crippen LogP contribution in [-0.4, -0.2) is 48.2 Å². The van der Waals surface area contributed by atoms with Crippen molar-refractivity contribution in [3.8, 4) is 0 Å². The van der Waals surface area contributed by atoms with Gasteiger partial charge in [-0.1, -0.05) is 12.1 Å². The fourth-order valence-corrected chi connectivity index (χ4v) is 4.24. The predicted molar refractivity (Wildman–Crippen MR) is 118 cm³/mol. The molecule has 0 spiro atoms. The molecule has 3 rings (SSSR count). The maximum Gasteiger partial charge on any atom is 0.250 e. The van der Waals surface area contributed by atoms with E-state index >= 15 is 0 Å². The number of nitrogens with one attached hydrogen (secondary N) is 1. The van der Waals surface area contributed by atoms with E-state index in [9.17, 15) is 18.0 Å². The van der Waals surface area contributed by atoms with Gasteiger partial charge in [-0.05, 0) is 37.3 Å². The highest BCUT2D eigenvalue weighted by Crippen LogP contribution is 2.23. The minimum Gasteiger partial charge on any atom is -0.366 e. The third-order valence-electron chi connectivity index (χ3n) is 4.94. The molecule has 0 unspecified atom stereocenters. The van der Waals surface area contributed by atoms with E-state index in [0.29, 0.717) is 30.0 Å². The van der Waals surface area contributed by atoms with Crippen molar-refractivity contribution < 1.29 is 18.0 Å². The Bertz CT molecular complexity index is 1250. The zero-order valence-electron chi connectivity index (χ0n) is 17.6. The van der Waals surface area contributed by atoms with E-state index in [1.807, 2.05) is 11.5 Å². The molecule has 1 heterocycles. The quantitative estimate of drug-likeness (QED) is 0.550. The topological polar surface area (TPSA) is 127 Å². The van der Waals surface area contributed by atoms with Crippen molar-refractivity contribution in [1.82, 2.24) is 13.9 Å². The minimum atomic E-state index is -3.57. The number of primary amides is 1. The summed E-state index contributed by atoms with van der Waals surface area (Å²) in [5.74, 6) is -0.221. The smallest absolute Gasteiger partial charge is 0.250 e. The highest BCUT2D eigenvalue weighted by atomic mass is 32.2. The van der Waals surface area contributed by atoms with E-state index in [0.717, 1.165) is 9.82 Å². The first-order valence-corrected chi connectivity index (χ1v) is 11.2. The minimum absolute atomic E-state index is 0.138. The fraction of sp³-hybridized carbons (Fsp3) is 0.286. The largest absolute Gasteiger partial charge is 0.366 e. The van der Waals surface area contributed by atoms with Crippen LogP contribution in [0.4, 0.5) is 5.69 Å². The zero-order valence-corrected chi connectivity index (χ0v) is 18.4. The van der Waals surface area contributed by atoms with Crippen LogP contribution in [0.3, 0.4) is 0 Å². The number of fused-ring (bicyclic) bond motifs is 1. The molecule has 0 bridgehead atoms. The summed E-state index contributed by atoms with van der Waals surface area (Å²) in [7, 11) is -0.614. The van der Waals surface area contributed by atoms with Gasteiger partial charge in [0.05, 0.1) is 27.2 Å². The number of hydrogen-bond acceptors (Lipinski definition) is 5. The van der Waals surface area contributed by atoms with Crippen molar-refractivity contribution in [3.63, 3.8) is 0 Å². The number of amides is 2. The second kappa shape index (κ2) is 8.86. The van der Waals surface area contributed by atoms with Crippen LogP contribution in [0.5, 0.6) is 0 Å². The van der Waals surface area contributed by atoms with Crippen LogP contribution in [0.15, 0.2) is 47.4 Å². The van der Waals surface area contributed by atoms with Gasteiger partial charge >= 0.3 is 0 Å². The molecule has 0 fully saturated rings. The Morgan fingerprint density at radius 3 is 2.52 bits per heavy atom. The standard InChI is InChI=1S/C21H25N5O4S/c1-4-26-18-10-9-14(31(29,30)25(2)3)13-17(18)23-19(26)11-12-20(27)24-16-8-6-5-7-15(16)21(22)28/h5-10,13H,4,11-12H2,1-3H3,(H2,22,28)(H,24,27). The second-order valence-corrected chi connectivity index (χ2v) is 9.32. The molecule has 3 N–H and O–H groups in total. The van der Waals surface area contributed by atoms with E-state index < -0.39 is 15.9 Å². The Labute approximate surface area is 180 Å². The average molecular weight is 444 g/mol. The second-order valence-electron chi connectivity index (χ2n) is 7.17. The third kappa shape index (κ3) is 4.59. The van der Waals surface area contributed by atoms with E-state index in [1.165, 1.54) is 14.1 Å². The number of nitrogens with two attached hydrogens (primary N) is 1. The van der Waals surface area contributed by atoms with Gasteiger partial charge in [0, 0.05) is 33.5 Å². The molecule has 31 heavy (non-hydrogen) atoms. The number of nitrogens with zero attached hydrogens (tertiary/aromatic N) is 3. The summed E-state index contributed by atoms with van der Waals surface area (Å²) in [4.78, 5) is 28.7. The lowest BCUT2D eigenvalue weighted by molar-refractivity contribution is -0.116. The number of benzene rings is 2. The van der Waals surface area contributed by atoms with Gasteiger partial charge in [-0.3, -0.25) is 9.59 Å². The lowest BCUT2D eigenvalue weighted by Crippen LogP contribution is -2.22. The summed E-state index contributed by atoms with van der Waals surface area (Å²) in [5.41, 5.74) is 7.31. The molecule has 9 nitrogen and oxygen atoms in total. The molecule has 2 amide bonds. The van der Waals surface area contributed by atoms with E-state index in [2.05, 4.69) is 10.3 Å². The van der Waals surface area contributed by atoms with Crippen LogP contribution in [-0.2, 0) is 27.8 Å². The van der Waals surface area contributed by atoms with Gasteiger partial charge in [0.1, 0.15) is 5.82 Å². The lowest BCUT2D eigenvalue weighted by Gasteiger charge is -2.11. The zero-order chi connectivity index (χ0) is 22.8. The number of anilines is 1. The third-order valence-corrected chi connectivity index (χ3v) is 6.75. The van der Waals surface area contributed by atoms with Crippen LogP contribution < -0.4 is 11.1 Å². The molecule has 0 saturated heterocycles. The fourth-order valence-electron chi connectivity index (χ4n) is 3.32. The van der Waals surface area contributed by atoms with Crippen molar-refractivity contribution >= 4 is 38.6 Å². The SMILES string of the molecule is CCn1c(CCC(=O)Nc2ccccc2C(N)=O)nc2cc(S(=O)(=O)N(C)C)ccc21. The predicted octanol–water partition coefficient (Wildman–Crippen LogP) is 1.98.